The molecular formula is C28H35F2N3O2. The second-order valence-corrected chi connectivity index (χ2v) is 10.8. The first-order valence-corrected chi connectivity index (χ1v) is 12.4. The van der Waals surface area contributed by atoms with Crippen molar-refractivity contribution in [3.05, 3.63) is 71.3 Å². The van der Waals surface area contributed by atoms with Gasteiger partial charge in [-0.1, -0.05) is 30.3 Å². The molecule has 0 aliphatic carbocycles. The maximum atomic E-state index is 14.9. The highest BCUT2D eigenvalue weighted by atomic mass is 19.1. The summed E-state index contributed by atoms with van der Waals surface area (Å²) in [4.78, 5) is 29.0. The van der Waals surface area contributed by atoms with Gasteiger partial charge in [0, 0.05) is 42.6 Å². The Morgan fingerprint density at radius 2 is 1.69 bits per heavy atom. The van der Waals surface area contributed by atoms with E-state index < -0.39 is 16.8 Å². The molecule has 0 spiro atoms. The summed E-state index contributed by atoms with van der Waals surface area (Å²) >= 11 is 0. The van der Waals surface area contributed by atoms with Crippen LogP contribution in [0, 0.1) is 17.6 Å². The minimum atomic E-state index is -1.03. The predicted molar refractivity (Wildman–Crippen MR) is 132 cm³/mol. The van der Waals surface area contributed by atoms with Gasteiger partial charge in [-0.3, -0.25) is 9.59 Å². The van der Waals surface area contributed by atoms with E-state index in [2.05, 4.69) is 10.6 Å². The van der Waals surface area contributed by atoms with Crippen LogP contribution in [0.4, 0.5) is 8.78 Å². The molecule has 1 unspecified atom stereocenters. The highest BCUT2D eigenvalue weighted by Gasteiger charge is 2.47. The largest absolute Gasteiger partial charge is 0.351 e. The number of rotatable bonds is 4. The van der Waals surface area contributed by atoms with E-state index in [1.165, 1.54) is 18.2 Å². The molecule has 2 heterocycles. The normalized spacial score (nSPS) is 22.5. The number of piperidine rings is 2. The van der Waals surface area contributed by atoms with Crippen LogP contribution < -0.4 is 10.6 Å². The van der Waals surface area contributed by atoms with Crippen LogP contribution in [0.15, 0.2) is 48.5 Å². The third kappa shape index (κ3) is 5.40. The Labute approximate surface area is 206 Å². The van der Waals surface area contributed by atoms with E-state index in [0.717, 1.165) is 12.1 Å². The number of amides is 2. The van der Waals surface area contributed by atoms with Crippen molar-refractivity contribution in [3.8, 4) is 0 Å². The number of carbonyl (C=O) groups excluding carboxylic acids is 2. The van der Waals surface area contributed by atoms with Crippen LogP contribution in [0.1, 0.15) is 57.1 Å². The van der Waals surface area contributed by atoms with Crippen LogP contribution >= 0.6 is 0 Å². The average molecular weight is 484 g/mol. The molecule has 2 fully saturated rings. The van der Waals surface area contributed by atoms with Crippen molar-refractivity contribution in [2.75, 3.05) is 26.2 Å². The number of nitrogens with zero attached hydrogens (tertiary/aromatic N) is 1. The maximum absolute atomic E-state index is 14.9. The molecule has 2 amide bonds. The lowest BCUT2D eigenvalue weighted by atomic mass is 9.71. The summed E-state index contributed by atoms with van der Waals surface area (Å²) in [6.07, 6.45) is 1.40. The first-order valence-electron chi connectivity index (χ1n) is 12.4. The first kappa shape index (κ1) is 25.3. The van der Waals surface area contributed by atoms with Gasteiger partial charge in [0.1, 0.15) is 11.6 Å². The summed E-state index contributed by atoms with van der Waals surface area (Å²) in [6, 6.07) is 12.8. The van der Waals surface area contributed by atoms with E-state index in [0.29, 0.717) is 44.5 Å². The third-order valence-corrected chi connectivity index (χ3v) is 7.34. The van der Waals surface area contributed by atoms with Crippen molar-refractivity contribution in [2.24, 2.45) is 5.92 Å². The standard InChI is InChI=1S/C28H35F2N3O2/c1-27(2,3)32-26(35)28(23-6-4-5-7-24(23)30)13-16-33(17-14-28)25(34)21-12-15-31-18-22(21)19-8-10-20(29)11-9-19/h4-11,21-22,31H,12-18H2,1-3H3,(H,32,35)/t21?,22-/m0/s1. The number of likely N-dealkylation sites (tertiary alicyclic amines) is 1. The molecule has 35 heavy (non-hydrogen) atoms. The van der Waals surface area contributed by atoms with Crippen LogP contribution in [0.25, 0.3) is 0 Å². The molecule has 2 aliphatic heterocycles. The van der Waals surface area contributed by atoms with Gasteiger partial charge in [-0.15, -0.1) is 0 Å². The number of benzene rings is 2. The molecule has 0 aromatic heterocycles. The van der Waals surface area contributed by atoms with E-state index in [1.807, 2.05) is 25.7 Å². The molecule has 0 radical (unpaired) electrons. The summed E-state index contributed by atoms with van der Waals surface area (Å²) in [5.41, 5.74) is -0.154. The first-order chi connectivity index (χ1) is 16.6. The fourth-order valence-electron chi connectivity index (χ4n) is 5.49. The second kappa shape index (κ2) is 10.1. The van der Waals surface area contributed by atoms with Crippen molar-refractivity contribution in [1.82, 2.24) is 15.5 Å². The molecule has 0 saturated carbocycles. The Morgan fingerprint density at radius 3 is 2.31 bits per heavy atom. The molecule has 2 saturated heterocycles. The van der Waals surface area contributed by atoms with Crippen LogP contribution in [-0.2, 0) is 15.0 Å². The van der Waals surface area contributed by atoms with E-state index in [1.54, 1.807) is 30.3 Å². The van der Waals surface area contributed by atoms with Gasteiger partial charge in [0.25, 0.3) is 0 Å². The van der Waals surface area contributed by atoms with Gasteiger partial charge < -0.3 is 15.5 Å². The molecule has 2 atom stereocenters. The Kier molecular flexibility index (Phi) is 7.27. The highest BCUT2D eigenvalue weighted by molar-refractivity contribution is 5.89. The maximum Gasteiger partial charge on any atom is 0.231 e. The smallest absolute Gasteiger partial charge is 0.231 e. The Morgan fingerprint density at radius 1 is 1.03 bits per heavy atom. The van der Waals surface area contributed by atoms with Gasteiger partial charge >= 0.3 is 0 Å². The van der Waals surface area contributed by atoms with Gasteiger partial charge in [-0.05, 0) is 70.3 Å². The minimum Gasteiger partial charge on any atom is -0.351 e. The molecule has 5 nitrogen and oxygen atoms in total. The molecule has 7 heteroatoms. The molecule has 2 aliphatic rings. The molecule has 4 rings (SSSR count). The summed E-state index contributed by atoms with van der Waals surface area (Å²) in [5.74, 6) is -1.10. The number of hydrogen-bond acceptors (Lipinski definition) is 3. The topological polar surface area (TPSA) is 61.4 Å². The Balaban J connectivity index is 1.55. The van der Waals surface area contributed by atoms with Gasteiger partial charge in [-0.2, -0.15) is 0 Å². The second-order valence-electron chi connectivity index (χ2n) is 10.8. The lowest BCUT2D eigenvalue weighted by molar-refractivity contribution is -0.141. The van der Waals surface area contributed by atoms with Crippen LogP contribution in [-0.4, -0.2) is 48.4 Å². The predicted octanol–water partition coefficient (Wildman–Crippen LogP) is 4.13. The van der Waals surface area contributed by atoms with Crippen molar-refractivity contribution < 1.29 is 18.4 Å². The van der Waals surface area contributed by atoms with Gasteiger partial charge in [0.15, 0.2) is 0 Å². The lowest BCUT2D eigenvalue weighted by Gasteiger charge is -2.44. The fourth-order valence-corrected chi connectivity index (χ4v) is 5.49. The monoisotopic (exact) mass is 483 g/mol. The van der Waals surface area contributed by atoms with Gasteiger partial charge in [0.2, 0.25) is 11.8 Å². The van der Waals surface area contributed by atoms with Crippen molar-refractivity contribution in [2.45, 2.75) is 56.9 Å². The molecule has 0 bridgehead atoms. The number of halogens is 2. The summed E-state index contributed by atoms with van der Waals surface area (Å²) in [5, 5.41) is 6.40. The van der Waals surface area contributed by atoms with E-state index >= 15 is 0 Å². The summed E-state index contributed by atoms with van der Waals surface area (Å²) in [7, 11) is 0. The Hall–Kier alpha value is -2.80. The Bertz CT molecular complexity index is 1060. The minimum absolute atomic E-state index is 0.0423. The van der Waals surface area contributed by atoms with Gasteiger partial charge in [0.05, 0.1) is 5.41 Å². The quantitative estimate of drug-likeness (QED) is 0.688. The molecule has 2 N–H and O–H groups in total. The zero-order valence-corrected chi connectivity index (χ0v) is 20.7. The molecular weight excluding hydrogens is 448 g/mol. The summed E-state index contributed by atoms with van der Waals surface area (Å²) < 4.78 is 28.4. The summed E-state index contributed by atoms with van der Waals surface area (Å²) in [6.45, 7) is 7.88. The van der Waals surface area contributed by atoms with Crippen LogP contribution in [0.3, 0.4) is 0 Å². The number of nitrogens with one attached hydrogen (secondary N) is 2. The van der Waals surface area contributed by atoms with E-state index in [9.17, 15) is 18.4 Å². The zero-order valence-electron chi connectivity index (χ0n) is 20.7. The number of hydrogen-bond donors (Lipinski definition) is 2. The lowest BCUT2D eigenvalue weighted by Crippen LogP contribution is -2.57. The van der Waals surface area contributed by atoms with E-state index in [-0.39, 0.29) is 29.5 Å². The van der Waals surface area contributed by atoms with E-state index in [4.69, 9.17) is 0 Å². The third-order valence-electron chi connectivity index (χ3n) is 7.34. The molecule has 188 valence electrons. The number of carbonyl (C=O) groups is 2. The van der Waals surface area contributed by atoms with Crippen molar-refractivity contribution in [1.29, 1.82) is 0 Å². The van der Waals surface area contributed by atoms with Crippen molar-refractivity contribution in [3.63, 3.8) is 0 Å². The average Bonchev–Trinajstić information content (AvgIpc) is 2.83. The molecule has 2 aromatic carbocycles. The SMILES string of the molecule is CC(C)(C)NC(=O)C1(c2ccccc2F)CCN(C(=O)C2CCNC[C@H]2c2ccc(F)cc2)CC1. The zero-order chi connectivity index (χ0) is 25.2. The van der Waals surface area contributed by atoms with Crippen LogP contribution in [0.5, 0.6) is 0 Å². The fraction of sp³-hybridized carbons (Fsp3) is 0.500. The van der Waals surface area contributed by atoms with Crippen molar-refractivity contribution >= 4 is 11.8 Å². The molecule has 2 aromatic rings. The van der Waals surface area contributed by atoms with Crippen LogP contribution in [0.2, 0.25) is 0 Å². The highest BCUT2D eigenvalue weighted by Crippen LogP contribution is 2.39. The van der Waals surface area contributed by atoms with Gasteiger partial charge in [-0.25, -0.2) is 8.78 Å².